The Labute approximate surface area is 98.9 Å². The molecule has 0 saturated carbocycles. The lowest BCUT2D eigenvalue weighted by Crippen LogP contribution is -2.10. The van der Waals surface area contributed by atoms with Crippen molar-refractivity contribution in [3.8, 4) is 5.69 Å². The summed E-state index contributed by atoms with van der Waals surface area (Å²) in [5.41, 5.74) is 4.22. The van der Waals surface area contributed by atoms with E-state index in [0.717, 1.165) is 23.5 Å². The number of aromatic nitrogens is 2. The number of hydrogen-bond donors (Lipinski definition) is 0. The molecule has 0 atom stereocenters. The van der Waals surface area contributed by atoms with Gasteiger partial charge in [0.25, 0.3) is 0 Å². The Morgan fingerprint density at radius 2 is 2.18 bits per heavy atom. The normalized spacial score (nSPS) is 12.1. The summed E-state index contributed by atoms with van der Waals surface area (Å²) < 4.78 is 6.67. The molecule has 0 aliphatic carbocycles. The minimum atomic E-state index is -0.393. The lowest BCUT2D eigenvalue weighted by molar-refractivity contribution is 0.0584. The van der Waals surface area contributed by atoms with Crippen LogP contribution in [0.3, 0.4) is 0 Å². The average Bonchev–Trinajstić information content (AvgIpc) is 2.87. The molecule has 0 amide bonds. The Hall–Kier alpha value is -2.10. The first-order valence-electron chi connectivity index (χ1n) is 5.47. The monoisotopic (exact) mass is 228 g/mol. The van der Waals surface area contributed by atoms with Crippen molar-refractivity contribution in [1.29, 1.82) is 0 Å². The zero-order valence-corrected chi connectivity index (χ0v) is 9.73. The smallest absolute Gasteiger partial charge is 0.374 e. The number of esters is 1. The van der Waals surface area contributed by atoms with Crippen LogP contribution in [0.2, 0.25) is 0 Å². The van der Waals surface area contributed by atoms with Crippen molar-refractivity contribution in [2.75, 3.05) is 7.11 Å². The Bertz CT molecular complexity index is 614. The zero-order chi connectivity index (χ0) is 12.0. The molecule has 1 aromatic heterocycles. The SMILES string of the molecule is COC(=O)c1nc(C)c2n1-c1ccccc1C2. The highest BCUT2D eigenvalue weighted by molar-refractivity contribution is 5.87. The third-order valence-electron chi connectivity index (χ3n) is 3.13. The molecule has 1 aliphatic rings. The van der Waals surface area contributed by atoms with Gasteiger partial charge in [0.1, 0.15) is 0 Å². The molecular formula is C13H12N2O2. The first-order valence-corrected chi connectivity index (χ1v) is 5.47. The van der Waals surface area contributed by atoms with Crippen molar-refractivity contribution >= 4 is 5.97 Å². The van der Waals surface area contributed by atoms with Crippen LogP contribution in [0.1, 0.15) is 27.6 Å². The fourth-order valence-corrected chi connectivity index (χ4v) is 2.32. The van der Waals surface area contributed by atoms with Crippen molar-refractivity contribution in [2.24, 2.45) is 0 Å². The predicted octanol–water partition coefficient (Wildman–Crippen LogP) is 1.87. The van der Waals surface area contributed by atoms with Crippen molar-refractivity contribution in [3.05, 3.63) is 47.0 Å². The van der Waals surface area contributed by atoms with Crippen LogP contribution in [0.25, 0.3) is 5.69 Å². The molecule has 0 N–H and O–H groups in total. The van der Waals surface area contributed by atoms with E-state index in [1.807, 2.05) is 29.7 Å². The summed E-state index contributed by atoms with van der Waals surface area (Å²) in [5.74, 6) is -0.0268. The number of hydrogen-bond acceptors (Lipinski definition) is 3. The molecule has 17 heavy (non-hydrogen) atoms. The Kier molecular flexibility index (Phi) is 2.04. The quantitative estimate of drug-likeness (QED) is 0.597. The second-order valence-electron chi connectivity index (χ2n) is 4.10. The van der Waals surface area contributed by atoms with Gasteiger partial charge in [-0.1, -0.05) is 18.2 Å². The van der Waals surface area contributed by atoms with Gasteiger partial charge in [-0.2, -0.15) is 0 Å². The number of fused-ring (bicyclic) bond motifs is 3. The van der Waals surface area contributed by atoms with Gasteiger partial charge in [0.15, 0.2) is 0 Å². The molecule has 1 aliphatic heterocycles. The molecule has 0 saturated heterocycles. The number of para-hydroxylation sites is 1. The Morgan fingerprint density at radius 3 is 2.94 bits per heavy atom. The molecule has 0 fully saturated rings. The van der Waals surface area contributed by atoms with Crippen LogP contribution < -0.4 is 0 Å². The number of imidazole rings is 1. The van der Waals surface area contributed by atoms with Crippen LogP contribution in [0.15, 0.2) is 24.3 Å². The topological polar surface area (TPSA) is 44.1 Å². The Morgan fingerprint density at radius 1 is 1.41 bits per heavy atom. The van der Waals surface area contributed by atoms with Gasteiger partial charge in [-0.3, -0.25) is 4.57 Å². The van der Waals surface area contributed by atoms with E-state index < -0.39 is 5.97 Å². The lowest BCUT2D eigenvalue weighted by Gasteiger charge is -2.04. The second kappa shape index (κ2) is 3.45. The van der Waals surface area contributed by atoms with Crippen molar-refractivity contribution in [3.63, 3.8) is 0 Å². The molecule has 4 nitrogen and oxygen atoms in total. The maximum Gasteiger partial charge on any atom is 0.374 e. The van der Waals surface area contributed by atoms with Gasteiger partial charge in [-0.15, -0.1) is 0 Å². The van der Waals surface area contributed by atoms with Crippen molar-refractivity contribution < 1.29 is 9.53 Å². The van der Waals surface area contributed by atoms with Crippen LogP contribution in [-0.4, -0.2) is 22.6 Å². The number of ether oxygens (including phenoxy) is 1. The number of carbonyl (C=O) groups is 1. The van der Waals surface area contributed by atoms with Gasteiger partial charge < -0.3 is 4.74 Å². The van der Waals surface area contributed by atoms with E-state index in [1.165, 1.54) is 12.7 Å². The number of aryl methyl sites for hydroxylation is 1. The van der Waals surface area contributed by atoms with Crippen LogP contribution in [0, 0.1) is 6.92 Å². The van der Waals surface area contributed by atoms with E-state index in [9.17, 15) is 4.79 Å². The molecule has 2 aromatic rings. The highest BCUT2D eigenvalue weighted by Crippen LogP contribution is 2.31. The number of benzene rings is 1. The lowest BCUT2D eigenvalue weighted by atomic mass is 10.1. The van der Waals surface area contributed by atoms with Gasteiger partial charge in [0.05, 0.1) is 24.2 Å². The summed E-state index contributed by atoms with van der Waals surface area (Å²) in [4.78, 5) is 16.0. The molecule has 0 spiro atoms. The molecule has 86 valence electrons. The molecule has 4 heteroatoms. The van der Waals surface area contributed by atoms with E-state index in [2.05, 4.69) is 11.1 Å². The van der Waals surface area contributed by atoms with Crippen LogP contribution in [0.5, 0.6) is 0 Å². The van der Waals surface area contributed by atoms with E-state index in [0.29, 0.717) is 5.82 Å². The van der Waals surface area contributed by atoms with Gasteiger partial charge in [0.2, 0.25) is 5.82 Å². The molecule has 3 rings (SSSR count). The van der Waals surface area contributed by atoms with E-state index >= 15 is 0 Å². The summed E-state index contributed by atoms with van der Waals surface area (Å²) >= 11 is 0. The van der Waals surface area contributed by atoms with Gasteiger partial charge in [0, 0.05) is 6.42 Å². The van der Waals surface area contributed by atoms with Crippen LogP contribution in [0.4, 0.5) is 0 Å². The number of rotatable bonds is 1. The number of methoxy groups -OCH3 is 1. The van der Waals surface area contributed by atoms with Gasteiger partial charge in [-0.25, -0.2) is 9.78 Å². The van der Waals surface area contributed by atoms with Crippen molar-refractivity contribution in [2.45, 2.75) is 13.3 Å². The molecule has 0 radical (unpaired) electrons. The summed E-state index contributed by atoms with van der Waals surface area (Å²) in [6.07, 6.45) is 0.825. The number of nitrogens with zero attached hydrogens (tertiary/aromatic N) is 2. The van der Waals surface area contributed by atoms with Crippen LogP contribution in [-0.2, 0) is 11.2 Å². The fraction of sp³-hybridized carbons (Fsp3) is 0.231. The first kappa shape index (κ1) is 10.1. The van der Waals surface area contributed by atoms with E-state index in [4.69, 9.17) is 4.74 Å². The zero-order valence-electron chi connectivity index (χ0n) is 9.73. The third kappa shape index (κ3) is 1.30. The highest BCUT2D eigenvalue weighted by Gasteiger charge is 2.27. The standard InChI is InChI=1S/C13H12N2O2/c1-8-11-7-9-5-3-4-6-10(9)15(11)12(14-8)13(16)17-2/h3-6H,7H2,1-2H3. The van der Waals surface area contributed by atoms with E-state index in [-0.39, 0.29) is 0 Å². The summed E-state index contributed by atoms with van der Waals surface area (Å²) in [7, 11) is 1.38. The molecule has 0 unspecified atom stereocenters. The molecule has 1 aromatic carbocycles. The Balaban J connectivity index is 2.26. The van der Waals surface area contributed by atoms with Gasteiger partial charge >= 0.3 is 5.97 Å². The maximum atomic E-state index is 11.7. The minimum absolute atomic E-state index is 0.366. The summed E-state index contributed by atoms with van der Waals surface area (Å²) in [6.45, 7) is 1.92. The molecular weight excluding hydrogens is 216 g/mol. The van der Waals surface area contributed by atoms with Gasteiger partial charge in [-0.05, 0) is 18.6 Å². The molecule has 0 bridgehead atoms. The average molecular weight is 228 g/mol. The minimum Gasteiger partial charge on any atom is -0.463 e. The first-order chi connectivity index (χ1) is 8.22. The largest absolute Gasteiger partial charge is 0.463 e. The van der Waals surface area contributed by atoms with Crippen LogP contribution >= 0.6 is 0 Å². The second-order valence-corrected chi connectivity index (χ2v) is 4.10. The third-order valence-corrected chi connectivity index (χ3v) is 3.13. The maximum absolute atomic E-state index is 11.7. The molecule has 2 heterocycles. The predicted molar refractivity (Wildman–Crippen MR) is 62.4 cm³/mol. The number of carbonyl (C=O) groups excluding carboxylic acids is 1. The fourth-order valence-electron chi connectivity index (χ4n) is 2.32. The summed E-state index contributed by atoms with van der Waals surface area (Å²) in [5, 5.41) is 0. The van der Waals surface area contributed by atoms with E-state index in [1.54, 1.807) is 0 Å². The summed E-state index contributed by atoms with van der Waals surface area (Å²) in [6, 6.07) is 8.04. The van der Waals surface area contributed by atoms with Crippen molar-refractivity contribution in [1.82, 2.24) is 9.55 Å². The highest BCUT2D eigenvalue weighted by atomic mass is 16.5.